The van der Waals surface area contributed by atoms with Gasteiger partial charge in [-0.1, -0.05) is 20.8 Å². The zero-order valence-electron chi connectivity index (χ0n) is 23.1. The van der Waals surface area contributed by atoms with Gasteiger partial charge < -0.3 is 28.4 Å². The molecule has 2 saturated heterocycles. The van der Waals surface area contributed by atoms with E-state index in [9.17, 15) is 28.8 Å². The molecule has 39 heavy (non-hydrogen) atoms. The second-order valence-electron chi connectivity index (χ2n) is 11.4. The lowest BCUT2D eigenvalue weighted by Crippen LogP contribution is -2.69. The Balaban J connectivity index is 2.05. The summed E-state index contributed by atoms with van der Waals surface area (Å²) in [4.78, 5) is 76.9. The van der Waals surface area contributed by atoms with E-state index in [-0.39, 0.29) is 30.6 Å². The van der Waals surface area contributed by atoms with E-state index in [0.29, 0.717) is 5.57 Å². The Hall–Kier alpha value is -3.28. The lowest BCUT2D eigenvalue weighted by molar-refractivity contribution is -0.216. The van der Waals surface area contributed by atoms with Gasteiger partial charge in [-0.3, -0.25) is 24.0 Å². The predicted octanol–water partition coefficient (Wildman–Crippen LogP) is 2.34. The third-order valence-corrected chi connectivity index (χ3v) is 8.71. The molecule has 0 N–H and O–H groups in total. The number of carbonyl (C=O) groups excluding carboxylic acids is 6. The van der Waals surface area contributed by atoms with E-state index in [0.717, 1.165) is 0 Å². The third kappa shape index (κ3) is 4.52. The van der Waals surface area contributed by atoms with Crippen molar-refractivity contribution in [1.29, 1.82) is 0 Å². The molecule has 3 fully saturated rings. The number of ketones is 2. The van der Waals surface area contributed by atoms with Gasteiger partial charge in [-0.05, 0) is 24.5 Å². The maximum absolute atomic E-state index is 14.0. The molecule has 2 aliphatic carbocycles. The normalized spacial score (nSPS) is 37.5. The number of hydrogen-bond acceptors (Lipinski definition) is 12. The maximum atomic E-state index is 14.0. The third-order valence-electron chi connectivity index (χ3n) is 8.71. The van der Waals surface area contributed by atoms with Crippen LogP contribution in [-0.2, 0) is 52.4 Å². The van der Waals surface area contributed by atoms with Crippen molar-refractivity contribution in [3.05, 3.63) is 11.1 Å². The second kappa shape index (κ2) is 9.72. The minimum Gasteiger partial charge on any atom is -0.458 e. The van der Waals surface area contributed by atoms with Crippen molar-refractivity contribution in [3.8, 4) is 0 Å². The van der Waals surface area contributed by atoms with Crippen LogP contribution in [0.4, 0.5) is 4.79 Å². The molecular weight excluding hydrogens is 516 g/mol. The first-order valence-corrected chi connectivity index (χ1v) is 12.8. The summed E-state index contributed by atoms with van der Waals surface area (Å²) < 4.78 is 34.1. The van der Waals surface area contributed by atoms with Crippen molar-refractivity contribution < 1.29 is 57.2 Å². The van der Waals surface area contributed by atoms with Gasteiger partial charge in [0.15, 0.2) is 29.4 Å². The molecule has 0 aromatic rings. The molecule has 2 bridgehead atoms. The highest BCUT2D eigenvalue weighted by Crippen LogP contribution is 2.62. The van der Waals surface area contributed by atoms with E-state index >= 15 is 0 Å². The molecule has 12 nitrogen and oxygen atoms in total. The Bertz CT molecular complexity index is 1170. The van der Waals surface area contributed by atoms with Gasteiger partial charge in [0.05, 0.1) is 12.3 Å². The van der Waals surface area contributed by atoms with Gasteiger partial charge in [-0.15, -0.1) is 0 Å². The van der Waals surface area contributed by atoms with E-state index in [2.05, 4.69) is 0 Å². The second-order valence-corrected chi connectivity index (χ2v) is 11.4. The van der Waals surface area contributed by atoms with Crippen LogP contribution in [0, 0.1) is 16.7 Å². The van der Waals surface area contributed by atoms with Crippen LogP contribution in [0.1, 0.15) is 67.7 Å². The molecule has 0 amide bonds. The Morgan fingerprint density at radius 1 is 0.923 bits per heavy atom. The molecule has 1 spiro atoms. The predicted molar refractivity (Wildman–Crippen MR) is 129 cm³/mol. The van der Waals surface area contributed by atoms with E-state index < -0.39 is 83.4 Å². The highest BCUT2D eigenvalue weighted by atomic mass is 16.8. The fraction of sp³-hybridized carbons (Fsp3) is 0.704. The van der Waals surface area contributed by atoms with E-state index in [1.807, 2.05) is 0 Å². The number of rotatable bonds is 3. The van der Waals surface area contributed by atoms with Crippen LogP contribution in [0.25, 0.3) is 0 Å². The van der Waals surface area contributed by atoms with Crippen molar-refractivity contribution >= 4 is 35.6 Å². The summed E-state index contributed by atoms with van der Waals surface area (Å²) in [6, 6.07) is 0. The van der Waals surface area contributed by atoms with Crippen LogP contribution in [0.3, 0.4) is 0 Å². The van der Waals surface area contributed by atoms with Crippen molar-refractivity contribution in [2.24, 2.45) is 16.7 Å². The zero-order chi connectivity index (χ0) is 29.1. The average Bonchev–Trinajstić information content (AvgIpc) is 3.12. The van der Waals surface area contributed by atoms with Crippen LogP contribution in [0.5, 0.6) is 0 Å². The van der Waals surface area contributed by atoms with Gasteiger partial charge in [-0.2, -0.15) is 0 Å². The van der Waals surface area contributed by atoms with Crippen molar-refractivity contribution in [2.75, 3.05) is 6.61 Å². The van der Waals surface area contributed by atoms with Crippen molar-refractivity contribution in [2.45, 2.75) is 97.9 Å². The standard InChI is InChI=1S/C27H34O12/c1-12-16(31)10-27-22(38-24(33)39-27)20-17(32)11-34-18(35-13(2)28)8-9-26(20,7)23(37-15(4)30)21(36-14(3)29)19(12)25(27,5)6/h18,20-23H,8-11H2,1-7H3/t18?,20-,21+,22-,23-,26+,27+/m0/s1. The topological polar surface area (TPSA) is 158 Å². The molecular formula is C27H34O12. The summed E-state index contributed by atoms with van der Waals surface area (Å²) in [5.41, 5.74) is -3.62. The fourth-order valence-corrected chi connectivity index (χ4v) is 6.98. The smallest absolute Gasteiger partial charge is 0.458 e. The van der Waals surface area contributed by atoms with Crippen molar-refractivity contribution in [3.63, 3.8) is 0 Å². The van der Waals surface area contributed by atoms with Gasteiger partial charge in [0.2, 0.25) is 6.29 Å². The molecule has 0 aromatic heterocycles. The Labute approximate surface area is 225 Å². The number of esters is 3. The van der Waals surface area contributed by atoms with Crippen LogP contribution < -0.4 is 0 Å². The number of carbonyl (C=O) groups is 6. The first-order chi connectivity index (χ1) is 18.0. The Morgan fingerprint density at radius 2 is 1.54 bits per heavy atom. The molecule has 7 atom stereocenters. The summed E-state index contributed by atoms with van der Waals surface area (Å²) >= 11 is 0. The molecule has 4 rings (SSSR count). The summed E-state index contributed by atoms with van der Waals surface area (Å²) in [7, 11) is 0. The molecule has 2 aliphatic heterocycles. The minimum atomic E-state index is -1.63. The SMILES string of the molecule is CC(=O)OC1CC[C@@]2(C)[C@@H](OC(C)=O)[C@H](OC(C)=O)C3=C(C)C(=O)C[C@]4(OC(=O)O[C@H]4[C@@H]2C(=O)CO1)C3(C)C. The molecule has 0 radical (unpaired) electrons. The molecule has 1 saturated carbocycles. The summed E-state index contributed by atoms with van der Waals surface area (Å²) in [6.45, 7) is 9.73. The van der Waals surface area contributed by atoms with Gasteiger partial charge in [-0.25, -0.2) is 4.79 Å². The quantitative estimate of drug-likeness (QED) is 0.374. The summed E-state index contributed by atoms with van der Waals surface area (Å²) in [5, 5.41) is 0. The number of allylic oxidation sites excluding steroid dienone is 1. The molecule has 4 aliphatic rings. The summed E-state index contributed by atoms with van der Waals surface area (Å²) in [6.07, 6.45) is -6.13. The highest BCUT2D eigenvalue weighted by Gasteiger charge is 2.74. The van der Waals surface area contributed by atoms with E-state index in [1.54, 1.807) is 27.7 Å². The van der Waals surface area contributed by atoms with Crippen LogP contribution in [0.15, 0.2) is 11.1 Å². The van der Waals surface area contributed by atoms with Crippen LogP contribution in [0.2, 0.25) is 0 Å². The largest absolute Gasteiger partial charge is 0.509 e. The lowest BCUT2D eigenvalue weighted by Gasteiger charge is -2.58. The average molecular weight is 551 g/mol. The number of ether oxygens (including phenoxy) is 6. The van der Waals surface area contributed by atoms with E-state index in [4.69, 9.17) is 28.4 Å². The van der Waals surface area contributed by atoms with Crippen molar-refractivity contribution in [1.82, 2.24) is 0 Å². The summed E-state index contributed by atoms with van der Waals surface area (Å²) in [5.74, 6) is -4.20. The zero-order valence-corrected chi connectivity index (χ0v) is 23.1. The number of hydrogen-bond donors (Lipinski definition) is 0. The van der Waals surface area contributed by atoms with Crippen LogP contribution >= 0.6 is 0 Å². The van der Waals surface area contributed by atoms with Gasteiger partial charge >= 0.3 is 24.1 Å². The molecule has 1 unspecified atom stereocenters. The monoisotopic (exact) mass is 550 g/mol. The first kappa shape index (κ1) is 28.7. The van der Waals surface area contributed by atoms with E-state index in [1.165, 1.54) is 20.8 Å². The van der Waals surface area contributed by atoms with Gasteiger partial charge in [0.1, 0.15) is 12.7 Å². The molecule has 2 heterocycles. The van der Waals surface area contributed by atoms with Crippen LogP contribution in [-0.4, -0.2) is 72.4 Å². The van der Waals surface area contributed by atoms with Gasteiger partial charge in [0.25, 0.3) is 0 Å². The maximum Gasteiger partial charge on any atom is 0.509 e. The molecule has 12 heteroatoms. The first-order valence-electron chi connectivity index (χ1n) is 12.8. The molecule has 214 valence electrons. The fourth-order valence-electron chi connectivity index (χ4n) is 6.98. The number of Topliss-reactive ketones (excluding diaryl/α,β-unsaturated/α-hetero) is 2. The lowest BCUT2D eigenvalue weighted by atomic mass is 9.49. The highest BCUT2D eigenvalue weighted by molar-refractivity contribution is 5.99. The Morgan fingerprint density at radius 3 is 2.13 bits per heavy atom. The number of fused-ring (bicyclic) bond motifs is 3. The molecule has 0 aromatic carbocycles. The van der Waals surface area contributed by atoms with Gasteiger partial charge in [0, 0.05) is 38.0 Å². The minimum absolute atomic E-state index is 0.0574. The Kier molecular flexibility index (Phi) is 7.16.